The van der Waals surface area contributed by atoms with E-state index in [1.807, 2.05) is 25.1 Å². The Morgan fingerprint density at radius 3 is 2.77 bits per heavy atom. The van der Waals surface area contributed by atoms with Crippen molar-refractivity contribution in [1.82, 2.24) is 15.6 Å². The molecule has 1 amide bonds. The Morgan fingerprint density at radius 2 is 2.13 bits per heavy atom. The fourth-order valence-corrected chi connectivity index (χ4v) is 3.32. The predicted molar refractivity (Wildman–Crippen MR) is 122 cm³/mol. The molecule has 30 heavy (non-hydrogen) atoms. The monoisotopic (exact) mass is 455 g/mol. The number of hydrogen-bond acceptors (Lipinski definition) is 6. The maximum absolute atomic E-state index is 12.4. The van der Waals surface area contributed by atoms with Crippen molar-refractivity contribution in [3.05, 3.63) is 64.0 Å². The minimum Gasteiger partial charge on any atom is -0.371 e. The van der Waals surface area contributed by atoms with Crippen LogP contribution in [0.3, 0.4) is 0 Å². The van der Waals surface area contributed by atoms with Gasteiger partial charge >= 0.3 is 0 Å². The number of rotatable bonds is 7. The first-order valence-electron chi connectivity index (χ1n) is 9.49. The van der Waals surface area contributed by atoms with Crippen LogP contribution in [0.5, 0.6) is 0 Å². The van der Waals surface area contributed by atoms with E-state index in [4.69, 9.17) is 0 Å². The summed E-state index contributed by atoms with van der Waals surface area (Å²) in [6.07, 6.45) is 3.85. The van der Waals surface area contributed by atoms with Crippen molar-refractivity contribution in [2.24, 2.45) is 5.92 Å². The second-order valence-electron chi connectivity index (χ2n) is 7.03. The maximum Gasteiger partial charge on any atom is 0.293 e. The van der Waals surface area contributed by atoms with Crippen molar-refractivity contribution < 1.29 is 9.72 Å². The number of piperidine rings is 1. The number of pyridine rings is 1. The fourth-order valence-electron chi connectivity index (χ4n) is 3.32. The van der Waals surface area contributed by atoms with Gasteiger partial charge in [-0.3, -0.25) is 19.9 Å². The molecule has 0 aliphatic carbocycles. The van der Waals surface area contributed by atoms with Gasteiger partial charge in [0, 0.05) is 24.4 Å². The third-order valence-electron chi connectivity index (χ3n) is 4.91. The first kappa shape index (κ1) is 25.6. The van der Waals surface area contributed by atoms with E-state index in [1.165, 1.54) is 6.07 Å². The largest absolute Gasteiger partial charge is 0.371 e. The Balaban J connectivity index is 0.00000225. The predicted octanol–water partition coefficient (Wildman–Crippen LogP) is 3.74. The molecule has 1 aromatic heterocycles. The van der Waals surface area contributed by atoms with Crippen LogP contribution in [0.15, 0.2) is 42.6 Å². The summed E-state index contributed by atoms with van der Waals surface area (Å²) >= 11 is 0. The molecule has 8 nitrogen and oxygen atoms in total. The van der Waals surface area contributed by atoms with E-state index in [0.717, 1.165) is 31.6 Å². The molecule has 0 bridgehead atoms. The van der Waals surface area contributed by atoms with Crippen LogP contribution in [0.25, 0.3) is 0 Å². The van der Waals surface area contributed by atoms with Gasteiger partial charge in [0.25, 0.3) is 11.6 Å². The van der Waals surface area contributed by atoms with Gasteiger partial charge in [0.1, 0.15) is 5.69 Å². The lowest BCUT2D eigenvalue weighted by atomic mass is 9.99. The van der Waals surface area contributed by atoms with Crippen LogP contribution in [-0.2, 0) is 0 Å². The van der Waals surface area contributed by atoms with E-state index in [0.29, 0.717) is 18.2 Å². The van der Waals surface area contributed by atoms with Crippen LogP contribution in [0.2, 0.25) is 0 Å². The number of anilines is 1. The number of carbonyl (C=O) groups is 1. The molecule has 164 valence electrons. The van der Waals surface area contributed by atoms with Gasteiger partial charge in [0.05, 0.1) is 16.7 Å². The number of halogens is 2. The lowest BCUT2D eigenvalue weighted by molar-refractivity contribution is -0.384. The number of hydrogen-bond donors (Lipinski definition) is 3. The number of carbonyl (C=O) groups excluding carboxylic acids is 1. The van der Waals surface area contributed by atoms with Crippen molar-refractivity contribution in [2.45, 2.75) is 25.8 Å². The van der Waals surface area contributed by atoms with E-state index in [-0.39, 0.29) is 48.0 Å². The van der Waals surface area contributed by atoms with E-state index in [1.54, 1.807) is 18.3 Å². The second kappa shape index (κ2) is 12.3. The van der Waals surface area contributed by atoms with Gasteiger partial charge in [-0.05, 0) is 63.0 Å². The highest BCUT2D eigenvalue weighted by molar-refractivity contribution is 5.95. The number of nitro groups is 1. The molecule has 1 fully saturated rings. The van der Waals surface area contributed by atoms with Gasteiger partial charge in [-0.1, -0.05) is 6.07 Å². The molecular formula is C20H27Cl2N5O3. The number of benzene rings is 1. The molecule has 0 spiro atoms. The van der Waals surface area contributed by atoms with Gasteiger partial charge in [0.2, 0.25) is 0 Å². The Kier molecular flexibility index (Phi) is 10.5. The summed E-state index contributed by atoms with van der Waals surface area (Å²) in [5.41, 5.74) is 1.29. The SMILES string of the molecule is CC(Nc1ccc(C(=O)NCC2CCCNC2)cc1[N+](=O)[O-])c1ccccn1.Cl.Cl. The van der Waals surface area contributed by atoms with Gasteiger partial charge in [-0.2, -0.15) is 0 Å². The van der Waals surface area contributed by atoms with Gasteiger partial charge in [0.15, 0.2) is 0 Å². The Bertz CT molecular complexity index is 832. The van der Waals surface area contributed by atoms with Crippen LogP contribution < -0.4 is 16.0 Å². The number of aromatic nitrogens is 1. The highest BCUT2D eigenvalue weighted by Gasteiger charge is 2.20. The van der Waals surface area contributed by atoms with Crippen molar-refractivity contribution in [3.8, 4) is 0 Å². The van der Waals surface area contributed by atoms with Crippen LogP contribution >= 0.6 is 24.8 Å². The molecule has 3 rings (SSSR count). The summed E-state index contributed by atoms with van der Waals surface area (Å²) in [4.78, 5) is 27.7. The van der Waals surface area contributed by atoms with E-state index >= 15 is 0 Å². The van der Waals surface area contributed by atoms with E-state index in [2.05, 4.69) is 20.9 Å². The Labute approximate surface area is 188 Å². The van der Waals surface area contributed by atoms with Crippen molar-refractivity contribution in [3.63, 3.8) is 0 Å². The average molecular weight is 456 g/mol. The molecule has 1 aliphatic heterocycles. The van der Waals surface area contributed by atoms with Crippen LogP contribution in [0.1, 0.15) is 41.9 Å². The first-order chi connectivity index (χ1) is 13.5. The summed E-state index contributed by atoms with van der Waals surface area (Å²) in [5.74, 6) is 0.103. The number of amides is 1. The Hall–Kier alpha value is -2.42. The number of nitrogens with zero attached hydrogens (tertiary/aromatic N) is 2. The summed E-state index contributed by atoms with van der Waals surface area (Å²) in [7, 11) is 0. The first-order valence-corrected chi connectivity index (χ1v) is 9.49. The quantitative estimate of drug-likeness (QED) is 0.433. The standard InChI is InChI=1S/C20H25N5O3.2ClH/c1-14(17-6-2-3-10-22-17)24-18-8-7-16(11-19(18)25(27)28)20(26)23-13-15-5-4-9-21-12-15;;/h2-3,6-8,10-11,14-15,21,24H,4-5,9,12-13H2,1H3,(H,23,26);2*1H. The molecule has 0 saturated carbocycles. The molecule has 10 heteroatoms. The van der Waals surface area contributed by atoms with Gasteiger partial charge < -0.3 is 16.0 Å². The van der Waals surface area contributed by atoms with Crippen LogP contribution in [0.4, 0.5) is 11.4 Å². The third kappa shape index (κ3) is 6.83. The van der Waals surface area contributed by atoms with Gasteiger partial charge in [-0.25, -0.2) is 0 Å². The van der Waals surface area contributed by atoms with E-state index < -0.39 is 4.92 Å². The number of nitrogens with one attached hydrogen (secondary N) is 3. The minimum absolute atomic E-state index is 0. The van der Waals surface area contributed by atoms with Crippen molar-refractivity contribution in [1.29, 1.82) is 0 Å². The zero-order valence-corrected chi connectivity index (χ0v) is 18.3. The summed E-state index contributed by atoms with van der Waals surface area (Å²) in [6, 6.07) is 9.83. The molecule has 1 aromatic carbocycles. The van der Waals surface area contributed by atoms with Crippen molar-refractivity contribution in [2.75, 3.05) is 25.0 Å². The topological polar surface area (TPSA) is 109 Å². The second-order valence-corrected chi connectivity index (χ2v) is 7.03. The van der Waals surface area contributed by atoms with E-state index in [9.17, 15) is 14.9 Å². The lowest BCUT2D eigenvalue weighted by Gasteiger charge is -2.22. The number of nitro benzene ring substituents is 1. The molecule has 2 heterocycles. The molecule has 1 aliphatic rings. The van der Waals surface area contributed by atoms with Crippen LogP contribution in [-0.4, -0.2) is 35.4 Å². The lowest BCUT2D eigenvalue weighted by Crippen LogP contribution is -2.38. The zero-order chi connectivity index (χ0) is 19.9. The third-order valence-corrected chi connectivity index (χ3v) is 4.91. The molecule has 2 atom stereocenters. The molecule has 3 N–H and O–H groups in total. The summed E-state index contributed by atoms with van der Waals surface area (Å²) in [6.45, 7) is 4.35. The summed E-state index contributed by atoms with van der Waals surface area (Å²) < 4.78 is 0. The fraction of sp³-hybridized carbons (Fsp3) is 0.400. The molecule has 1 saturated heterocycles. The molecule has 0 radical (unpaired) electrons. The minimum atomic E-state index is -0.477. The highest BCUT2D eigenvalue weighted by Crippen LogP contribution is 2.29. The molecule has 2 unspecified atom stereocenters. The van der Waals surface area contributed by atoms with Crippen molar-refractivity contribution >= 4 is 42.1 Å². The smallest absolute Gasteiger partial charge is 0.293 e. The molecular weight excluding hydrogens is 429 g/mol. The molecule has 2 aromatic rings. The maximum atomic E-state index is 12.4. The normalized spacial score (nSPS) is 16.4. The summed E-state index contributed by atoms with van der Waals surface area (Å²) in [5, 5.41) is 20.8. The zero-order valence-electron chi connectivity index (χ0n) is 16.7. The Morgan fingerprint density at radius 1 is 1.33 bits per heavy atom. The van der Waals surface area contributed by atoms with Crippen LogP contribution in [0, 0.1) is 16.0 Å². The highest BCUT2D eigenvalue weighted by atomic mass is 35.5. The van der Waals surface area contributed by atoms with Gasteiger partial charge in [-0.15, -0.1) is 24.8 Å². The average Bonchev–Trinajstić information content (AvgIpc) is 2.73.